The molecule has 7 heteroatoms. The lowest BCUT2D eigenvalue weighted by molar-refractivity contribution is -0.134. The van der Waals surface area contributed by atoms with Crippen LogP contribution in [0, 0.1) is 12.7 Å². The third-order valence-corrected chi connectivity index (χ3v) is 5.35. The highest BCUT2D eigenvalue weighted by atomic mass is 19.1. The second-order valence-corrected chi connectivity index (χ2v) is 7.58. The highest BCUT2D eigenvalue weighted by Gasteiger charge is 2.31. The highest BCUT2D eigenvalue weighted by Crippen LogP contribution is 2.30. The maximum absolute atomic E-state index is 13.0. The van der Waals surface area contributed by atoms with E-state index in [-0.39, 0.29) is 18.3 Å². The summed E-state index contributed by atoms with van der Waals surface area (Å²) in [5.41, 5.74) is 4.03. The van der Waals surface area contributed by atoms with Crippen LogP contribution >= 0.6 is 0 Å². The molecule has 0 atom stereocenters. The van der Waals surface area contributed by atoms with Crippen LogP contribution in [0.5, 0.6) is 5.75 Å². The number of fused-ring (bicyclic) bond motifs is 1. The van der Waals surface area contributed by atoms with Crippen molar-refractivity contribution in [2.24, 2.45) is 0 Å². The Balaban J connectivity index is 1.39. The molecule has 0 radical (unpaired) electrons. The fraction of sp³-hybridized carbons (Fsp3) is 0.167. The van der Waals surface area contributed by atoms with Crippen molar-refractivity contribution in [3.63, 3.8) is 0 Å². The topological polar surface area (TPSA) is 52.3 Å². The molecule has 0 unspecified atom stereocenters. The predicted octanol–water partition coefficient (Wildman–Crippen LogP) is 4.03. The van der Waals surface area contributed by atoms with Gasteiger partial charge in [-0.2, -0.15) is 5.10 Å². The van der Waals surface area contributed by atoms with E-state index in [1.807, 2.05) is 45.9 Å². The number of aryl methyl sites for hydroxylation is 1. The van der Waals surface area contributed by atoms with E-state index in [1.165, 1.54) is 24.3 Å². The molecule has 0 saturated carbocycles. The molecule has 0 saturated heterocycles. The van der Waals surface area contributed by atoms with Crippen LogP contribution in [-0.4, -0.2) is 31.8 Å². The van der Waals surface area contributed by atoms with Gasteiger partial charge < -0.3 is 14.2 Å². The number of benzene rings is 2. The van der Waals surface area contributed by atoms with Crippen molar-refractivity contribution in [3.05, 3.63) is 95.7 Å². The van der Waals surface area contributed by atoms with Gasteiger partial charge in [0, 0.05) is 18.0 Å². The second-order valence-electron chi connectivity index (χ2n) is 7.58. The van der Waals surface area contributed by atoms with E-state index in [2.05, 4.69) is 19.1 Å². The summed E-state index contributed by atoms with van der Waals surface area (Å²) in [5.74, 6) is 0.916. The number of hydrogen-bond donors (Lipinski definition) is 0. The molecule has 1 aliphatic heterocycles. The molecule has 3 heterocycles. The van der Waals surface area contributed by atoms with Crippen molar-refractivity contribution in [2.45, 2.75) is 20.0 Å². The molecule has 4 aromatic rings. The minimum absolute atomic E-state index is 0.105. The van der Waals surface area contributed by atoms with Crippen LogP contribution in [0.15, 0.2) is 73.1 Å². The van der Waals surface area contributed by atoms with E-state index < -0.39 is 0 Å². The van der Waals surface area contributed by atoms with Gasteiger partial charge in [-0.05, 0) is 61.0 Å². The number of hydrogen-bond acceptors (Lipinski definition) is 3. The van der Waals surface area contributed by atoms with Crippen LogP contribution in [-0.2, 0) is 17.9 Å². The normalized spacial score (nSPS) is 12.8. The zero-order chi connectivity index (χ0) is 21.4. The standard InChI is InChI=1S/C24H21FN4O2/c1-17-5-4-6-19(13-17)29-24(27-11-2-3-12-27)21-14-28(15-22(21)26-29)23(30)16-31-20-9-7-18(25)8-10-20/h2-13H,14-16H2,1H3. The average Bonchev–Trinajstić information content (AvgIpc) is 3.49. The Kier molecular flexibility index (Phi) is 4.78. The Bertz CT molecular complexity index is 1230. The van der Waals surface area contributed by atoms with Gasteiger partial charge in [0.25, 0.3) is 5.91 Å². The number of rotatable bonds is 5. The van der Waals surface area contributed by atoms with E-state index in [0.717, 1.165) is 28.3 Å². The number of halogens is 1. The van der Waals surface area contributed by atoms with Crippen molar-refractivity contribution in [2.75, 3.05) is 6.61 Å². The summed E-state index contributed by atoms with van der Waals surface area (Å²) in [6, 6.07) is 17.8. The monoisotopic (exact) mass is 416 g/mol. The molecule has 5 rings (SSSR count). The summed E-state index contributed by atoms with van der Waals surface area (Å²) >= 11 is 0. The van der Waals surface area contributed by atoms with Crippen LogP contribution in [0.25, 0.3) is 11.5 Å². The maximum atomic E-state index is 13.0. The molecule has 1 aliphatic rings. The molecule has 0 aliphatic carbocycles. The van der Waals surface area contributed by atoms with Gasteiger partial charge in [0.1, 0.15) is 17.4 Å². The van der Waals surface area contributed by atoms with E-state index >= 15 is 0 Å². The maximum Gasteiger partial charge on any atom is 0.261 e. The molecule has 2 aromatic heterocycles. The minimum atomic E-state index is -0.341. The first-order valence-corrected chi connectivity index (χ1v) is 10.1. The average molecular weight is 416 g/mol. The zero-order valence-corrected chi connectivity index (χ0v) is 17.0. The number of carbonyl (C=O) groups is 1. The van der Waals surface area contributed by atoms with E-state index in [9.17, 15) is 9.18 Å². The first-order chi connectivity index (χ1) is 15.1. The molecule has 2 aromatic carbocycles. The van der Waals surface area contributed by atoms with E-state index in [4.69, 9.17) is 9.84 Å². The Morgan fingerprint density at radius 2 is 1.84 bits per heavy atom. The number of aromatic nitrogens is 3. The van der Waals surface area contributed by atoms with Crippen LogP contribution in [0.2, 0.25) is 0 Å². The fourth-order valence-electron chi connectivity index (χ4n) is 3.83. The molecular formula is C24H21FN4O2. The summed E-state index contributed by atoms with van der Waals surface area (Å²) in [6.07, 6.45) is 3.96. The minimum Gasteiger partial charge on any atom is -0.484 e. The third-order valence-electron chi connectivity index (χ3n) is 5.35. The smallest absolute Gasteiger partial charge is 0.261 e. The summed E-state index contributed by atoms with van der Waals surface area (Å²) < 4.78 is 22.5. The summed E-state index contributed by atoms with van der Waals surface area (Å²) in [6.45, 7) is 2.83. The quantitative estimate of drug-likeness (QED) is 0.494. The number of amides is 1. The lowest BCUT2D eigenvalue weighted by atomic mass is 10.2. The molecule has 1 amide bonds. The summed E-state index contributed by atoms with van der Waals surface area (Å²) in [5, 5.41) is 4.84. The van der Waals surface area contributed by atoms with Crippen LogP contribution in [0.3, 0.4) is 0 Å². The lowest BCUT2D eigenvalue weighted by Crippen LogP contribution is -2.31. The van der Waals surface area contributed by atoms with Gasteiger partial charge in [-0.1, -0.05) is 12.1 Å². The van der Waals surface area contributed by atoms with E-state index in [1.54, 1.807) is 4.90 Å². The predicted molar refractivity (Wildman–Crippen MR) is 114 cm³/mol. The Labute approximate surface area is 179 Å². The SMILES string of the molecule is Cc1cccc(-n2nc3c(c2-n2cccc2)CN(C(=O)COc2ccc(F)cc2)C3)c1. The molecule has 31 heavy (non-hydrogen) atoms. The Morgan fingerprint density at radius 3 is 2.58 bits per heavy atom. The third kappa shape index (κ3) is 3.70. The molecule has 0 bridgehead atoms. The molecule has 6 nitrogen and oxygen atoms in total. The highest BCUT2D eigenvalue weighted by molar-refractivity contribution is 5.78. The Hall–Kier alpha value is -3.87. The number of ether oxygens (including phenoxy) is 1. The largest absolute Gasteiger partial charge is 0.484 e. The number of carbonyl (C=O) groups excluding carboxylic acids is 1. The number of nitrogens with zero attached hydrogens (tertiary/aromatic N) is 4. The van der Waals surface area contributed by atoms with Crippen LogP contribution in [0.1, 0.15) is 16.8 Å². The van der Waals surface area contributed by atoms with Crippen molar-refractivity contribution < 1.29 is 13.9 Å². The summed E-state index contributed by atoms with van der Waals surface area (Å²) in [4.78, 5) is 14.5. The van der Waals surface area contributed by atoms with Crippen LogP contribution < -0.4 is 4.74 Å². The van der Waals surface area contributed by atoms with Gasteiger partial charge >= 0.3 is 0 Å². The van der Waals surface area contributed by atoms with Crippen molar-refractivity contribution in [1.29, 1.82) is 0 Å². The molecule has 156 valence electrons. The van der Waals surface area contributed by atoms with Crippen molar-refractivity contribution >= 4 is 5.91 Å². The molecule has 0 N–H and O–H groups in total. The van der Waals surface area contributed by atoms with Gasteiger partial charge in [0.2, 0.25) is 0 Å². The van der Waals surface area contributed by atoms with E-state index in [0.29, 0.717) is 18.8 Å². The van der Waals surface area contributed by atoms with Crippen molar-refractivity contribution in [3.8, 4) is 17.3 Å². The Morgan fingerprint density at radius 1 is 1.06 bits per heavy atom. The van der Waals surface area contributed by atoms with Crippen LogP contribution in [0.4, 0.5) is 4.39 Å². The lowest BCUT2D eigenvalue weighted by Gasteiger charge is -2.18. The van der Waals surface area contributed by atoms with Gasteiger partial charge in [0.15, 0.2) is 6.61 Å². The molecule has 0 spiro atoms. The first-order valence-electron chi connectivity index (χ1n) is 10.1. The first kappa shape index (κ1) is 19.1. The molecular weight excluding hydrogens is 395 g/mol. The fourth-order valence-corrected chi connectivity index (χ4v) is 3.83. The van der Waals surface area contributed by atoms with Gasteiger partial charge in [-0.25, -0.2) is 9.07 Å². The second kappa shape index (κ2) is 7.75. The van der Waals surface area contributed by atoms with Gasteiger partial charge in [0.05, 0.1) is 24.5 Å². The molecule has 0 fully saturated rings. The zero-order valence-electron chi connectivity index (χ0n) is 17.0. The van der Waals surface area contributed by atoms with Gasteiger partial charge in [-0.3, -0.25) is 4.79 Å². The van der Waals surface area contributed by atoms with Crippen molar-refractivity contribution in [1.82, 2.24) is 19.2 Å². The van der Waals surface area contributed by atoms with Gasteiger partial charge in [-0.15, -0.1) is 0 Å². The summed E-state index contributed by atoms with van der Waals surface area (Å²) in [7, 11) is 0.